The molecule has 0 aromatic carbocycles. The average molecular weight is 392 g/mol. The minimum Gasteiger partial charge on any atom is -0.460 e. The van der Waals surface area contributed by atoms with Gasteiger partial charge in [-0.15, -0.1) is 0 Å². The van der Waals surface area contributed by atoms with Gasteiger partial charge < -0.3 is 9.47 Å². The van der Waals surface area contributed by atoms with Gasteiger partial charge in [0.2, 0.25) is 0 Å². The van der Waals surface area contributed by atoms with Crippen LogP contribution in [0, 0.1) is 17.3 Å². The van der Waals surface area contributed by atoms with E-state index in [0.29, 0.717) is 38.8 Å². The molecule has 8 heteroatoms. The summed E-state index contributed by atoms with van der Waals surface area (Å²) < 4.78 is 42.6. The Kier molecular flexibility index (Phi) is 7.47. The lowest BCUT2D eigenvalue weighted by molar-refractivity contribution is -0.156. The lowest BCUT2D eigenvalue weighted by atomic mass is 9.70. The van der Waals surface area contributed by atoms with Gasteiger partial charge in [0.25, 0.3) is 10.1 Å². The molecule has 1 saturated heterocycles. The van der Waals surface area contributed by atoms with E-state index in [-0.39, 0.29) is 17.3 Å². The van der Waals surface area contributed by atoms with Gasteiger partial charge in [0.15, 0.2) is 0 Å². The SMILES string of the molecule is CC(C)(C)C1CCC(C(=O)OC(CN2CCOCC2)CS(=O)(=O)O)CC1. The first-order valence-corrected chi connectivity index (χ1v) is 11.1. The number of carbonyl (C=O) groups is 1. The van der Waals surface area contributed by atoms with Crippen molar-refractivity contribution in [3.8, 4) is 0 Å². The molecule has 1 atom stereocenters. The van der Waals surface area contributed by atoms with Gasteiger partial charge in [-0.2, -0.15) is 8.42 Å². The third-order valence-electron chi connectivity index (χ3n) is 5.53. The Bertz CT molecular complexity index is 557. The summed E-state index contributed by atoms with van der Waals surface area (Å²) in [6.07, 6.45) is 2.66. The second kappa shape index (κ2) is 8.99. The Morgan fingerprint density at radius 3 is 2.27 bits per heavy atom. The zero-order chi connectivity index (χ0) is 19.4. The fourth-order valence-electron chi connectivity index (χ4n) is 3.89. The van der Waals surface area contributed by atoms with Gasteiger partial charge in [-0.25, -0.2) is 0 Å². The summed E-state index contributed by atoms with van der Waals surface area (Å²) in [5.74, 6) is -0.483. The molecule has 0 amide bonds. The molecule has 0 spiro atoms. The number of nitrogens with zero attached hydrogens (tertiary/aromatic N) is 1. The molecule has 1 aliphatic heterocycles. The van der Waals surface area contributed by atoms with Gasteiger partial charge in [-0.3, -0.25) is 14.2 Å². The summed E-state index contributed by atoms with van der Waals surface area (Å²) in [7, 11) is -4.21. The molecule has 152 valence electrons. The van der Waals surface area contributed by atoms with Crippen molar-refractivity contribution in [2.45, 2.75) is 52.6 Å². The fraction of sp³-hybridized carbons (Fsp3) is 0.944. The van der Waals surface area contributed by atoms with E-state index in [1.54, 1.807) is 0 Å². The second-order valence-electron chi connectivity index (χ2n) is 8.64. The van der Waals surface area contributed by atoms with Crippen molar-refractivity contribution in [2.75, 3.05) is 38.6 Å². The van der Waals surface area contributed by atoms with Crippen LogP contribution in [0.3, 0.4) is 0 Å². The Morgan fingerprint density at radius 1 is 1.19 bits per heavy atom. The zero-order valence-electron chi connectivity index (χ0n) is 16.1. The van der Waals surface area contributed by atoms with Gasteiger partial charge in [-0.05, 0) is 37.0 Å². The van der Waals surface area contributed by atoms with Crippen LogP contribution < -0.4 is 0 Å². The molecule has 1 aliphatic carbocycles. The molecule has 2 fully saturated rings. The van der Waals surface area contributed by atoms with Crippen molar-refractivity contribution >= 4 is 16.1 Å². The molecule has 1 unspecified atom stereocenters. The van der Waals surface area contributed by atoms with Crippen molar-refractivity contribution in [1.29, 1.82) is 0 Å². The largest absolute Gasteiger partial charge is 0.460 e. The molecule has 0 radical (unpaired) electrons. The Hall–Kier alpha value is -0.700. The number of morpholine rings is 1. The number of rotatable bonds is 6. The van der Waals surface area contributed by atoms with E-state index in [0.717, 1.165) is 25.7 Å². The van der Waals surface area contributed by atoms with Crippen LogP contribution in [0.25, 0.3) is 0 Å². The number of carbonyl (C=O) groups excluding carboxylic acids is 1. The number of ether oxygens (including phenoxy) is 2. The van der Waals surface area contributed by atoms with Crippen LogP contribution in [0.1, 0.15) is 46.5 Å². The van der Waals surface area contributed by atoms with Crippen molar-refractivity contribution in [1.82, 2.24) is 4.90 Å². The molecule has 2 aliphatic rings. The van der Waals surface area contributed by atoms with Crippen molar-refractivity contribution in [3.05, 3.63) is 0 Å². The van der Waals surface area contributed by atoms with Gasteiger partial charge in [0, 0.05) is 19.6 Å². The minimum absolute atomic E-state index is 0.179. The molecule has 0 bridgehead atoms. The Morgan fingerprint density at radius 2 is 1.77 bits per heavy atom. The molecule has 2 rings (SSSR count). The Labute approximate surface area is 157 Å². The second-order valence-corrected chi connectivity index (χ2v) is 10.1. The number of esters is 1. The monoisotopic (exact) mass is 391 g/mol. The molecule has 1 heterocycles. The molecular weight excluding hydrogens is 358 g/mol. The highest BCUT2D eigenvalue weighted by Gasteiger charge is 2.34. The third-order valence-corrected chi connectivity index (χ3v) is 6.32. The van der Waals surface area contributed by atoms with E-state index in [1.165, 1.54) is 0 Å². The van der Waals surface area contributed by atoms with E-state index in [9.17, 15) is 17.8 Å². The van der Waals surface area contributed by atoms with Crippen LogP contribution >= 0.6 is 0 Å². The first kappa shape index (κ1) is 21.6. The van der Waals surface area contributed by atoms with Crippen LogP contribution in [0.4, 0.5) is 0 Å². The van der Waals surface area contributed by atoms with E-state index >= 15 is 0 Å². The van der Waals surface area contributed by atoms with Gasteiger partial charge >= 0.3 is 5.97 Å². The van der Waals surface area contributed by atoms with Crippen molar-refractivity contribution < 1.29 is 27.2 Å². The highest BCUT2D eigenvalue weighted by Crippen LogP contribution is 2.40. The summed E-state index contributed by atoms with van der Waals surface area (Å²) in [6.45, 7) is 9.44. The number of hydrogen-bond acceptors (Lipinski definition) is 6. The average Bonchev–Trinajstić information content (AvgIpc) is 2.53. The summed E-state index contributed by atoms with van der Waals surface area (Å²) >= 11 is 0. The molecule has 1 saturated carbocycles. The van der Waals surface area contributed by atoms with Gasteiger partial charge in [-0.1, -0.05) is 20.8 Å². The molecule has 0 aromatic rings. The minimum atomic E-state index is -4.21. The highest BCUT2D eigenvalue weighted by molar-refractivity contribution is 7.85. The maximum absolute atomic E-state index is 12.6. The summed E-state index contributed by atoms with van der Waals surface area (Å²) in [6, 6.07) is 0. The van der Waals surface area contributed by atoms with Crippen LogP contribution in [0.5, 0.6) is 0 Å². The lowest BCUT2D eigenvalue weighted by Crippen LogP contribution is -2.45. The van der Waals surface area contributed by atoms with E-state index in [2.05, 4.69) is 20.8 Å². The summed E-state index contributed by atoms with van der Waals surface area (Å²) in [5, 5.41) is 0. The Balaban J connectivity index is 1.90. The van der Waals surface area contributed by atoms with E-state index in [1.807, 2.05) is 4.90 Å². The van der Waals surface area contributed by atoms with Crippen LogP contribution in [-0.2, 0) is 24.4 Å². The first-order chi connectivity index (χ1) is 12.0. The predicted octanol–water partition coefficient (Wildman–Crippen LogP) is 1.97. The van der Waals surface area contributed by atoms with Crippen LogP contribution in [0.15, 0.2) is 0 Å². The van der Waals surface area contributed by atoms with Crippen molar-refractivity contribution in [2.24, 2.45) is 17.3 Å². The maximum Gasteiger partial charge on any atom is 0.309 e. The fourth-order valence-corrected chi connectivity index (χ4v) is 4.53. The highest BCUT2D eigenvalue weighted by atomic mass is 32.2. The summed E-state index contributed by atoms with van der Waals surface area (Å²) in [5.41, 5.74) is 0.235. The van der Waals surface area contributed by atoms with E-state index in [4.69, 9.17) is 9.47 Å². The molecular formula is C18H33NO6S. The normalized spacial score (nSPS) is 27.1. The van der Waals surface area contributed by atoms with Crippen molar-refractivity contribution in [3.63, 3.8) is 0 Å². The van der Waals surface area contributed by atoms with Crippen LogP contribution in [0.2, 0.25) is 0 Å². The molecule has 1 N–H and O–H groups in total. The smallest absolute Gasteiger partial charge is 0.309 e. The van der Waals surface area contributed by atoms with Crippen LogP contribution in [-0.4, -0.2) is 68.5 Å². The first-order valence-electron chi connectivity index (χ1n) is 9.50. The quantitative estimate of drug-likeness (QED) is 0.546. The topological polar surface area (TPSA) is 93.1 Å². The van der Waals surface area contributed by atoms with Gasteiger partial charge in [0.05, 0.1) is 19.1 Å². The molecule has 0 aromatic heterocycles. The molecule has 26 heavy (non-hydrogen) atoms. The predicted molar refractivity (Wildman–Crippen MR) is 98.5 cm³/mol. The lowest BCUT2D eigenvalue weighted by Gasteiger charge is -2.36. The third kappa shape index (κ3) is 7.13. The zero-order valence-corrected chi connectivity index (χ0v) is 17.0. The molecule has 7 nitrogen and oxygen atoms in total. The maximum atomic E-state index is 12.6. The number of hydrogen-bond donors (Lipinski definition) is 1. The van der Waals surface area contributed by atoms with E-state index < -0.39 is 22.0 Å². The standard InChI is InChI=1S/C18H33NO6S/c1-18(2,3)15-6-4-14(5-7-15)17(20)25-16(13-26(21,22)23)12-19-8-10-24-11-9-19/h14-16H,4-13H2,1-3H3,(H,21,22,23). The van der Waals surface area contributed by atoms with Gasteiger partial charge in [0.1, 0.15) is 11.9 Å². The summed E-state index contributed by atoms with van der Waals surface area (Å²) in [4.78, 5) is 14.6.